The lowest BCUT2D eigenvalue weighted by atomic mass is 9.60. The zero-order chi connectivity index (χ0) is 26.0. The first-order valence-electron chi connectivity index (χ1n) is 15.0. The van der Waals surface area contributed by atoms with Crippen molar-refractivity contribution < 1.29 is 4.43 Å². The lowest BCUT2D eigenvalue weighted by Gasteiger charge is -2.44. The summed E-state index contributed by atoms with van der Waals surface area (Å²) in [6.45, 7) is 26.2. The van der Waals surface area contributed by atoms with Crippen LogP contribution in [0.4, 0.5) is 0 Å². The van der Waals surface area contributed by atoms with Crippen molar-refractivity contribution in [2.75, 3.05) is 0 Å². The summed E-state index contributed by atoms with van der Waals surface area (Å²) < 4.78 is 6.82. The maximum Gasteiger partial charge on any atom is 0.192 e. The molecule has 0 saturated heterocycles. The minimum absolute atomic E-state index is 0.269. The van der Waals surface area contributed by atoms with E-state index in [2.05, 4.69) is 80.3 Å². The van der Waals surface area contributed by atoms with Gasteiger partial charge in [0.2, 0.25) is 0 Å². The molecule has 3 saturated carbocycles. The maximum atomic E-state index is 6.82. The molecule has 2 unspecified atom stereocenters. The summed E-state index contributed by atoms with van der Waals surface area (Å²) in [4.78, 5) is 0. The van der Waals surface area contributed by atoms with E-state index in [1.54, 1.807) is 5.57 Å². The molecule has 0 N–H and O–H groups in total. The van der Waals surface area contributed by atoms with E-state index >= 15 is 0 Å². The largest absolute Gasteiger partial charge is 0.414 e. The molecule has 2 heteroatoms. The molecule has 3 aliphatic carbocycles. The molecule has 0 amide bonds. The molecule has 3 aliphatic rings. The molecule has 0 bridgehead atoms. The van der Waals surface area contributed by atoms with Crippen molar-refractivity contribution in [3.8, 4) is 0 Å². The number of hydrogen-bond donors (Lipinski definition) is 0. The molecular weight excluding hydrogens is 440 g/mol. The number of hydrogen-bond acceptors (Lipinski definition) is 1. The van der Waals surface area contributed by atoms with E-state index < -0.39 is 8.32 Å². The van der Waals surface area contributed by atoms with Crippen LogP contribution in [0.5, 0.6) is 0 Å². The van der Waals surface area contributed by atoms with Gasteiger partial charge >= 0.3 is 0 Å². The number of rotatable bonds is 8. The predicted molar refractivity (Wildman–Crippen MR) is 157 cm³/mol. The second-order valence-electron chi connectivity index (χ2n) is 14.7. The second kappa shape index (κ2) is 11.4. The molecule has 0 aliphatic heterocycles. The summed E-state index contributed by atoms with van der Waals surface area (Å²) >= 11 is 0. The van der Waals surface area contributed by atoms with Crippen molar-refractivity contribution in [1.82, 2.24) is 0 Å². The summed E-state index contributed by atoms with van der Waals surface area (Å²) in [5.74, 6) is 3.41. The number of fused-ring (bicyclic) bond motifs is 1. The molecule has 0 aromatic heterocycles. The molecule has 0 heterocycles. The first-order chi connectivity index (χ1) is 16.2. The van der Waals surface area contributed by atoms with Gasteiger partial charge in [-0.15, -0.1) is 0 Å². The van der Waals surface area contributed by atoms with Crippen molar-refractivity contribution in [2.45, 2.75) is 143 Å². The Morgan fingerprint density at radius 2 is 1.77 bits per heavy atom. The zero-order valence-electron chi connectivity index (χ0n) is 24.9. The highest BCUT2D eigenvalue weighted by Crippen LogP contribution is 2.60. The van der Waals surface area contributed by atoms with Crippen molar-refractivity contribution in [3.05, 3.63) is 35.5 Å². The quantitative estimate of drug-likeness (QED) is 0.302. The minimum atomic E-state index is -1.73. The van der Waals surface area contributed by atoms with Crippen LogP contribution in [0.15, 0.2) is 35.5 Å². The molecule has 3 fully saturated rings. The fraction of sp³-hybridized carbons (Fsp3) is 0.818. The average molecular weight is 499 g/mol. The van der Waals surface area contributed by atoms with Crippen molar-refractivity contribution >= 4 is 8.32 Å². The molecule has 5 atom stereocenters. The smallest absolute Gasteiger partial charge is 0.192 e. The normalized spacial score (nSPS) is 33.5. The van der Waals surface area contributed by atoms with Crippen LogP contribution in [0.25, 0.3) is 0 Å². The highest BCUT2D eigenvalue weighted by molar-refractivity contribution is 6.74. The van der Waals surface area contributed by atoms with Gasteiger partial charge in [0.1, 0.15) is 0 Å². The van der Waals surface area contributed by atoms with Crippen LogP contribution < -0.4 is 0 Å². The molecule has 3 rings (SSSR count). The van der Waals surface area contributed by atoms with Crippen LogP contribution in [0, 0.1) is 29.1 Å². The molecule has 0 radical (unpaired) electrons. The summed E-state index contributed by atoms with van der Waals surface area (Å²) in [7, 11) is -1.73. The summed E-state index contributed by atoms with van der Waals surface area (Å²) in [6.07, 6.45) is 19.8. The van der Waals surface area contributed by atoms with Crippen LogP contribution in [0.3, 0.4) is 0 Å². The van der Waals surface area contributed by atoms with Gasteiger partial charge in [0, 0.05) is 6.10 Å². The predicted octanol–water partition coefficient (Wildman–Crippen LogP) is 10.6. The maximum absolute atomic E-state index is 6.82. The Morgan fingerprint density at radius 1 is 1.06 bits per heavy atom. The van der Waals surface area contributed by atoms with Crippen molar-refractivity contribution in [1.29, 1.82) is 0 Å². The first-order valence-corrected chi connectivity index (χ1v) is 17.9. The summed E-state index contributed by atoms with van der Waals surface area (Å²) in [5.41, 5.74) is 5.05. The molecule has 1 nitrogen and oxygen atoms in total. The molecule has 200 valence electrons. The SMILES string of the molecule is C=C1CCC(O[Si](C)(C)C(C)(C)C)CC1=CC=C1CCC[C@@]2(C)C1CC[C@@H]2[C@H](C)CCCC(C)C. The van der Waals surface area contributed by atoms with E-state index in [1.807, 2.05) is 0 Å². The fourth-order valence-corrected chi connectivity index (χ4v) is 8.73. The third-order valence-electron chi connectivity index (χ3n) is 10.6. The van der Waals surface area contributed by atoms with Crippen LogP contribution in [-0.2, 0) is 4.43 Å². The van der Waals surface area contributed by atoms with E-state index in [1.165, 1.54) is 62.5 Å². The molecule has 0 spiro atoms. The van der Waals surface area contributed by atoms with E-state index in [-0.39, 0.29) is 5.04 Å². The highest BCUT2D eigenvalue weighted by Gasteiger charge is 2.50. The van der Waals surface area contributed by atoms with Gasteiger partial charge in [0.25, 0.3) is 0 Å². The van der Waals surface area contributed by atoms with Gasteiger partial charge in [-0.25, -0.2) is 0 Å². The van der Waals surface area contributed by atoms with E-state index in [0.29, 0.717) is 11.5 Å². The van der Waals surface area contributed by atoms with E-state index in [9.17, 15) is 0 Å². The van der Waals surface area contributed by atoms with Crippen LogP contribution in [-0.4, -0.2) is 14.4 Å². The molecule has 35 heavy (non-hydrogen) atoms. The Labute approximate surface area is 220 Å². The lowest BCUT2D eigenvalue weighted by molar-refractivity contribution is 0.0929. The standard InChI is InChI=1S/C33H58OSi/c1-24(2)13-11-14-26(4)30-20-21-31-27(15-12-22-33(30,31)8)17-18-28-23-29(19-16-25(28)3)34-35(9,10)32(5,6)7/h17-18,24,26,29-31H,3,11-16,19-23H2,1-2,4-10H3/t26-,29?,30-,31?,33-/m1/s1. The lowest BCUT2D eigenvalue weighted by Crippen LogP contribution is -2.44. The Morgan fingerprint density at radius 3 is 2.43 bits per heavy atom. The first kappa shape index (κ1) is 29.0. The Bertz CT molecular complexity index is 794. The van der Waals surface area contributed by atoms with Crippen molar-refractivity contribution in [3.63, 3.8) is 0 Å². The minimum Gasteiger partial charge on any atom is -0.414 e. The molecular formula is C33H58OSi. The average Bonchev–Trinajstić information content (AvgIpc) is 3.10. The van der Waals surface area contributed by atoms with Gasteiger partial charge in [-0.1, -0.05) is 97.6 Å². The third-order valence-corrected chi connectivity index (χ3v) is 15.1. The van der Waals surface area contributed by atoms with Gasteiger partial charge in [0.05, 0.1) is 0 Å². The molecule has 0 aromatic rings. The van der Waals surface area contributed by atoms with E-state index in [0.717, 1.165) is 42.9 Å². The molecule has 0 aromatic carbocycles. The topological polar surface area (TPSA) is 9.23 Å². The van der Waals surface area contributed by atoms with Gasteiger partial charge in [0.15, 0.2) is 8.32 Å². The summed E-state index contributed by atoms with van der Waals surface area (Å²) in [6, 6.07) is 0. The van der Waals surface area contributed by atoms with Crippen molar-refractivity contribution in [2.24, 2.45) is 29.1 Å². The Hall–Kier alpha value is -0.603. The number of allylic oxidation sites excluding steroid dienone is 4. The second-order valence-corrected chi connectivity index (χ2v) is 19.4. The summed E-state index contributed by atoms with van der Waals surface area (Å²) in [5, 5.41) is 0.269. The van der Waals surface area contributed by atoms with Gasteiger partial charge in [-0.2, -0.15) is 0 Å². The zero-order valence-corrected chi connectivity index (χ0v) is 25.9. The highest BCUT2D eigenvalue weighted by atomic mass is 28.4. The fourth-order valence-electron chi connectivity index (χ4n) is 7.34. The Kier molecular flexibility index (Phi) is 9.45. The van der Waals surface area contributed by atoms with Crippen LogP contribution in [0.2, 0.25) is 18.1 Å². The van der Waals surface area contributed by atoms with Gasteiger partial charge in [-0.3, -0.25) is 0 Å². The van der Waals surface area contributed by atoms with Gasteiger partial charge < -0.3 is 4.43 Å². The van der Waals surface area contributed by atoms with Gasteiger partial charge in [-0.05, 0) is 104 Å². The van der Waals surface area contributed by atoms with E-state index in [4.69, 9.17) is 4.43 Å². The third kappa shape index (κ3) is 6.84. The monoisotopic (exact) mass is 498 g/mol. The van der Waals surface area contributed by atoms with Crippen LogP contribution >= 0.6 is 0 Å². The Balaban J connectivity index is 1.70. The van der Waals surface area contributed by atoms with Crippen LogP contribution in [0.1, 0.15) is 119 Å².